The Balaban J connectivity index is 0. The van der Waals surface area contributed by atoms with Crippen LogP contribution in [0.2, 0.25) is 0 Å². The van der Waals surface area contributed by atoms with Crippen LogP contribution in [0.5, 0.6) is 0 Å². The van der Waals surface area contributed by atoms with Crippen LogP contribution in [-0.4, -0.2) is 11.0 Å². The van der Waals surface area contributed by atoms with Gasteiger partial charge in [-0.15, -0.1) is 0 Å². The SMILES string of the molecule is O.O.[Au+].[Cl-].[Li+]. The third-order valence-electron chi connectivity index (χ3n) is 0. The summed E-state index contributed by atoms with van der Waals surface area (Å²) < 4.78 is 0. The van der Waals surface area contributed by atoms with Gasteiger partial charge in [-0.2, -0.15) is 0 Å². The van der Waals surface area contributed by atoms with E-state index >= 15 is 0 Å². The maximum atomic E-state index is 0. The Labute approximate surface area is 64.4 Å². The van der Waals surface area contributed by atoms with Gasteiger partial charge in [-0.1, -0.05) is 0 Å². The summed E-state index contributed by atoms with van der Waals surface area (Å²) in [6.07, 6.45) is 0. The van der Waals surface area contributed by atoms with E-state index in [0.29, 0.717) is 0 Å². The average Bonchev–Trinajstić information content (AvgIpc) is 0. The summed E-state index contributed by atoms with van der Waals surface area (Å²) in [5, 5.41) is 0. The molecule has 0 bridgehead atoms. The molecule has 0 aliphatic heterocycles. The Morgan fingerprint density at radius 3 is 0.800 bits per heavy atom. The predicted octanol–water partition coefficient (Wildman–Crippen LogP) is -7.64. The fourth-order valence-electron chi connectivity index (χ4n) is 0. The molecule has 0 heterocycles. The van der Waals surface area contributed by atoms with E-state index < -0.39 is 0 Å². The van der Waals surface area contributed by atoms with Crippen LogP contribution in [0.3, 0.4) is 0 Å². The van der Waals surface area contributed by atoms with E-state index in [9.17, 15) is 0 Å². The van der Waals surface area contributed by atoms with E-state index in [4.69, 9.17) is 0 Å². The largest absolute Gasteiger partial charge is 1.00 e. The third-order valence-corrected chi connectivity index (χ3v) is 0. The molecular weight excluding hydrogens is 271 g/mol. The Hall–Kier alpha value is 1.55. The zero-order valence-corrected chi connectivity index (χ0v) is 5.60. The molecule has 0 aromatic heterocycles. The molecule has 4 N–H and O–H groups in total. The van der Waals surface area contributed by atoms with Gasteiger partial charge in [-0.25, -0.2) is 0 Å². The first-order chi connectivity index (χ1) is 0. The van der Waals surface area contributed by atoms with Crippen molar-refractivity contribution < 1.29 is 64.6 Å². The van der Waals surface area contributed by atoms with Crippen LogP contribution in [0.15, 0.2) is 0 Å². The zero-order valence-electron chi connectivity index (χ0n) is 2.68. The minimum absolute atomic E-state index is 0. The second-order valence-corrected chi connectivity index (χ2v) is 0. The number of halogens is 1. The molecule has 0 aliphatic carbocycles. The van der Waals surface area contributed by atoms with Gasteiger partial charge in [0, 0.05) is 0 Å². The number of rotatable bonds is 0. The van der Waals surface area contributed by atoms with Gasteiger partial charge in [0.25, 0.3) is 0 Å². The quantitative estimate of drug-likeness (QED) is 0.394. The molecule has 0 spiro atoms. The molecule has 0 rings (SSSR count). The molecule has 0 atom stereocenters. The summed E-state index contributed by atoms with van der Waals surface area (Å²) in [6.45, 7) is 0. The second kappa shape index (κ2) is 47.9. The standard InChI is InChI=1S/Au.ClH.Li.2H2O/h;1H;;2*1H2/q+1;;+1;;/p-1. The summed E-state index contributed by atoms with van der Waals surface area (Å²) in [5.74, 6) is 0. The molecule has 5 heavy (non-hydrogen) atoms. The van der Waals surface area contributed by atoms with Crippen molar-refractivity contribution in [1.29, 1.82) is 0 Å². The average molecular weight is 275 g/mol. The molecule has 0 saturated carbocycles. The molecule has 0 amide bonds. The van der Waals surface area contributed by atoms with E-state index in [1.54, 1.807) is 0 Å². The minimum Gasteiger partial charge on any atom is -1.00 e. The van der Waals surface area contributed by atoms with Crippen LogP contribution in [0.1, 0.15) is 0 Å². The first-order valence-corrected chi connectivity index (χ1v) is 0. The van der Waals surface area contributed by atoms with Gasteiger partial charge in [0.1, 0.15) is 0 Å². The topological polar surface area (TPSA) is 63.0 Å². The van der Waals surface area contributed by atoms with Crippen molar-refractivity contribution >= 4 is 0 Å². The molecule has 0 aliphatic rings. The van der Waals surface area contributed by atoms with Crippen molar-refractivity contribution in [2.24, 2.45) is 0 Å². The van der Waals surface area contributed by atoms with Gasteiger partial charge in [-0.05, 0) is 0 Å². The van der Waals surface area contributed by atoms with Crippen molar-refractivity contribution in [3.8, 4) is 0 Å². The molecule has 0 aromatic carbocycles. The van der Waals surface area contributed by atoms with Crippen molar-refractivity contribution in [3.05, 3.63) is 0 Å². The molecule has 0 saturated heterocycles. The van der Waals surface area contributed by atoms with Crippen LogP contribution in [0, 0.1) is 0 Å². The summed E-state index contributed by atoms with van der Waals surface area (Å²) >= 11 is 0. The molecule has 34 valence electrons. The summed E-state index contributed by atoms with van der Waals surface area (Å²) in [6, 6.07) is 0. The second-order valence-electron chi connectivity index (χ2n) is 0. The first-order valence-electron chi connectivity index (χ1n) is 0. The molecule has 0 unspecified atom stereocenters. The van der Waals surface area contributed by atoms with Gasteiger partial charge < -0.3 is 23.4 Å². The van der Waals surface area contributed by atoms with Crippen molar-refractivity contribution in [1.82, 2.24) is 0 Å². The van der Waals surface area contributed by atoms with E-state index in [2.05, 4.69) is 0 Å². The van der Waals surface area contributed by atoms with Crippen molar-refractivity contribution in [2.75, 3.05) is 0 Å². The summed E-state index contributed by atoms with van der Waals surface area (Å²) in [5.41, 5.74) is 0. The van der Waals surface area contributed by atoms with Crippen LogP contribution >= 0.6 is 0 Å². The van der Waals surface area contributed by atoms with E-state index in [1.807, 2.05) is 0 Å². The maximum Gasteiger partial charge on any atom is 1.00 e. The normalized spacial score (nSPS) is 0. The van der Waals surface area contributed by atoms with Crippen LogP contribution in [0.25, 0.3) is 0 Å². The summed E-state index contributed by atoms with van der Waals surface area (Å²) in [7, 11) is 0. The van der Waals surface area contributed by atoms with Crippen LogP contribution in [-0.2, 0) is 22.4 Å². The van der Waals surface area contributed by atoms with Gasteiger partial charge in [0.15, 0.2) is 0 Å². The summed E-state index contributed by atoms with van der Waals surface area (Å²) in [4.78, 5) is 0. The minimum atomic E-state index is 0. The van der Waals surface area contributed by atoms with E-state index in [1.165, 1.54) is 0 Å². The molecule has 0 fully saturated rings. The van der Waals surface area contributed by atoms with Crippen LogP contribution < -0.4 is 31.3 Å². The smallest absolute Gasteiger partial charge is 1.00 e. The van der Waals surface area contributed by atoms with Crippen molar-refractivity contribution in [3.63, 3.8) is 0 Å². The Bertz CT molecular complexity index is 9.61. The predicted molar refractivity (Wildman–Crippen MR) is 7.23 cm³/mol. The molecular formula is H4AuClLiO2+. The van der Waals surface area contributed by atoms with Gasteiger partial charge in [0.05, 0.1) is 0 Å². The fraction of sp³-hybridized carbons (Fsp3) is 0. The van der Waals surface area contributed by atoms with Crippen LogP contribution in [0.4, 0.5) is 0 Å². The maximum absolute atomic E-state index is 0. The molecule has 2 nitrogen and oxygen atoms in total. The Morgan fingerprint density at radius 2 is 0.800 bits per heavy atom. The number of hydrogen-bond acceptors (Lipinski definition) is 0. The molecule has 5 heteroatoms. The monoisotopic (exact) mass is 275 g/mol. The zero-order chi connectivity index (χ0) is 0. The van der Waals surface area contributed by atoms with E-state index in [0.717, 1.165) is 0 Å². The van der Waals surface area contributed by atoms with E-state index in [-0.39, 0.29) is 64.6 Å². The van der Waals surface area contributed by atoms with Crippen molar-refractivity contribution in [2.45, 2.75) is 0 Å². The first kappa shape index (κ1) is 84.1. The van der Waals surface area contributed by atoms with Gasteiger partial charge in [0.2, 0.25) is 0 Å². The third kappa shape index (κ3) is 29.2. The molecule has 0 aromatic rings. The van der Waals surface area contributed by atoms with Gasteiger partial charge in [-0.3, -0.25) is 0 Å². The Kier molecular flexibility index (Phi) is 806. The van der Waals surface area contributed by atoms with Gasteiger partial charge >= 0.3 is 41.2 Å². The molecule has 0 radical (unpaired) electrons. The Morgan fingerprint density at radius 1 is 0.800 bits per heavy atom. The number of hydrogen-bond donors (Lipinski definition) is 0. The fourth-order valence-corrected chi connectivity index (χ4v) is 0.